The zero-order valence-corrected chi connectivity index (χ0v) is 13.7. The molecule has 112 valence electrons. The van der Waals surface area contributed by atoms with Gasteiger partial charge in [-0.05, 0) is 48.9 Å². The smallest absolute Gasteiger partial charge is 0.0323 e. The minimum Gasteiger partial charge on any atom is -0.303 e. The minimum absolute atomic E-state index is 0.363. The van der Waals surface area contributed by atoms with Gasteiger partial charge in [-0.15, -0.1) is 0 Å². The summed E-state index contributed by atoms with van der Waals surface area (Å²) in [6.07, 6.45) is 2.20. The number of nitrogens with one attached hydrogen (secondary N) is 1. The summed E-state index contributed by atoms with van der Waals surface area (Å²) in [6, 6.07) is 18.4. The maximum absolute atomic E-state index is 3.78. The van der Waals surface area contributed by atoms with Gasteiger partial charge in [0.25, 0.3) is 0 Å². The third-order valence-corrected chi connectivity index (χ3v) is 4.30. The number of rotatable bonds is 6. The van der Waals surface area contributed by atoms with Crippen LogP contribution in [0.3, 0.4) is 0 Å². The van der Waals surface area contributed by atoms with Crippen LogP contribution in [-0.2, 0) is 6.42 Å². The van der Waals surface area contributed by atoms with Gasteiger partial charge in [0.05, 0.1) is 0 Å². The summed E-state index contributed by atoms with van der Waals surface area (Å²) in [5.74, 6) is 0. The maximum Gasteiger partial charge on any atom is 0.0323 e. The van der Waals surface area contributed by atoms with E-state index in [4.69, 9.17) is 0 Å². The molecule has 0 aliphatic carbocycles. The topological polar surface area (TPSA) is 12.0 Å². The lowest BCUT2D eigenvalue weighted by atomic mass is 9.98. The second kappa shape index (κ2) is 7.42. The third kappa shape index (κ3) is 3.95. The molecule has 0 bridgehead atoms. The van der Waals surface area contributed by atoms with Gasteiger partial charge in [0.2, 0.25) is 0 Å². The lowest BCUT2D eigenvalue weighted by Gasteiger charge is -2.24. The molecule has 0 fully saturated rings. The molecule has 21 heavy (non-hydrogen) atoms. The molecule has 0 saturated carbocycles. The molecular weight excluding hydrogens is 254 g/mol. The van der Waals surface area contributed by atoms with E-state index in [0.717, 1.165) is 12.8 Å². The Morgan fingerprint density at radius 2 is 1.62 bits per heavy atom. The summed E-state index contributed by atoms with van der Waals surface area (Å²) in [4.78, 5) is 0. The van der Waals surface area contributed by atoms with E-state index in [1.54, 1.807) is 0 Å². The predicted molar refractivity (Wildman–Crippen MR) is 91.6 cm³/mol. The van der Waals surface area contributed by atoms with Gasteiger partial charge in [-0.25, -0.2) is 0 Å². The van der Waals surface area contributed by atoms with E-state index >= 15 is 0 Å². The monoisotopic (exact) mass is 281 g/mol. The van der Waals surface area contributed by atoms with Crippen LogP contribution in [-0.4, -0.2) is 0 Å². The SMILES string of the molecule is CCc1ccc(C(CC)N[C@@H](C)c2ccccc2C)cc1. The molecule has 0 heterocycles. The largest absolute Gasteiger partial charge is 0.303 e. The molecule has 1 unspecified atom stereocenters. The number of hydrogen-bond donors (Lipinski definition) is 1. The highest BCUT2D eigenvalue weighted by atomic mass is 14.9. The fraction of sp³-hybridized carbons (Fsp3) is 0.400. The fourth-order valence-corrected chi connectivity index (χ4v) is 2.90. The summed E-state index contributed by atoms with van der Waals surface area (Å²) in [6.45, 7) is 8.89. The first kappa shape index (κ1) is 15.8. The van der Waals surface area contributed by atoms with Crippen molar-refractivity contribution in [1.29, 1.82) is 0 Å². The van der Waals surface area contributed by atoms with E-state index in [2.05, 4.69) is 81.5 Å². The standard InChI is InChI=1S/C20H27N/c1-5-17-11-13-18(14-12-17)20(6-2)21-16(4)19-10-8-7-9-15(19)3/h7-14,16,20-21H,5-6H2,1-4H3/t16-,20?/m0/s1. The maximum atomic E-state index is 3.78. The van der Waals surface area contributed by atoms with Crippen LogP contribution in [0.25, 0.3) is 0 Å². The van der Waals surface area contributed by atoms with E-state index < -0.39 is 0 Å². The Morgan fingerprint density at radius 3 is 2.19 bits per heavy atom. The molecule has 2 rings (SSSR count). The molecule has 0 radical (unpaired) electrons. The molecule has 0 aliphatic heterocycles. The van der Waals surface area contributed by atoms with Crippen molar-refractivity contribution in [2.75, 3.05) is 0 Å². The van der Waals surface area contributed by atoms with Gasteiger partial charge in [0, 0.05) is 12.1 Å². The second-order valence-corrected chi connectivity index (χ2v) is 5.80. The van der Waals surface area contributed by atoms with Crippen LogP contribution < -0.4 is 5.32 Å². The molecule has 0 amide bonds. The van der Waals surface area contributed by atoms with E-state index in [-0.39, 0.29) is 0 Å². The fourth-order valence-electron chi connectivity index (χ4n) is 2.90. The van der Waals surface area contributed by atoms with Crippen LogP contribution in [0.5, 0.6) is 0 Å². The molecule has 1 nitrogen and oxygen atoms in total. The third-order valence-electron chi connectivity index (χ3n) is 4.30. The van der Waals surface area contributed by atoms with Gasteiger partial charge < -0.3 is 5.32 Å². The summed E-state index contributed by atoms with van der Waals surface area (Å²) in [7, 11) is 0. The molecule has 0 saturated heterocycles. The second-order valence-electron chi connectivity index (χ2n) is 5.80. The summed E-state index contributed by atoms with van der Waals surface area (Å²) >= 11 is 0. The van der Waals surface area contributed by atoms with Gasteiger partial charge in [0.15, 0.2) is 0 Å². The first-order valence-electron chi connectivity index (χ1n) is 8.06. The first-order valence-corrected chi connectivity index (χ1v) is 8.06. The molecule has 0 aromatic heterocycles. The Labute approximate surface area is 129 Å². The van der Waals surface area contributed by atoms with Crippen molar-refractivity contribution in [2.24, 2.45) is 0 Å². The Morgan fingerprint density at radius 1 is 0.952 bits per heavy atom. The minimum atomic E-state index is 0.363. The Balaban J connectivity index is 2.13. The molecular formula is C20H27N. The molecule has 0 spiro atoms. The van der Waals surface area contributed by atoms with Crippen LogP contribution in [0.15, 0.2) is 48.5 Å². The lowest BCUT2D eigenvalue weighted by Crippen LogP contribution is -2.24. The quantitative estimate of drug-likeness (QED) is 0.751. The van der Waals surface area contributed by atoms with E-state index in [9.17, 15) is 0 Å². The zero-order valence-electron chi connectivity index (χ0n) is 13.7. The van der Waals surface area contributed by atoms with Crippen LogP contribution in [0.1, 0.15) is 61.5 Å². The summed E-state index contributed by atoms with van der Waals surface area (Å²) in [5.41, 5.74) is 5.53. The lowest BCUT2D eigenvalue weighted by molar-refractivity contribution is 0.455. The summed E-state index contributed by atoms with van der Waals surface area (Å²) in [5, 5.41) is 3.78. The average molecular weight is 281 g/mol. The van der Waals surface area contributed by atoms with Gasteiger partial charge in [0.1, 0.15) is 0 Å². The predicted octanol–water partition coefficient (Wildman–Crippen LogP) is 5.36. The highest BCUT2D eigenvalue weighted by Crippen LogP contribution is 2.24. The molecule has 1 N–H and O–H groups in total. The van der Waals surface area contributed by atoms with Crippen molar-refractivity contribution in [2.45, 2.75) is 52.6 Å². The van der Waals surface area contributed by atoms with Crippen molar-refractivity contribution in [3.8, 4) is 0 Å². The Kier molecular flexibility index (Phi) is 5.58. The van der Waals surface area contributed by atoms with E-state index in [1.165, 1.54) is 22.3 Å². The van der Waals surface area contributed by atoms with Crippen LogP contribution >= 0.6 is 0 Å². The van der Waals surface area contributed by atoms with Crippen molar-refractivity contribution in [3.63, 3.8) is 0 Å². The van der Waals surface area contributed by atoms with Crippen molar-refractivity contribution in [1.82, 2.24) is 5.32 Å². The van der Waals surface area contributed by atoms with Crippen LogP contribution in [0.4, 0.5) is 0 Å². The number of benzene rings is 2. The van der Waals surface area contributed by atoms with Gasteiger partial charge in [-0.2, -0.15) is 0 Å². The van der Waals surface area contributed by atoms with Gasteiger partial charge >= 0.3 is 0 Å². The van der Waals surface area contributed by atoms with Gasteiger partial charge in [-0.3, -0.25) is 0 Å². The zero-order chi connectivity index (χ0) is 15.2. The highest BCUT2D eigenvalue weighted by Gasteiger charge is 2.14. The Hall–Kier alpha value is -1.60. The van der Waals surface area contributed by atoms with E-state index in [0.29, 0.717) is 12.1 Å². The molecule has 2 aromatic carbocycles. The van der Waals surface area contributed by atoms with Crippen molar-refractivity contribution in [3.05, 3.63) is 70.8 Å². The molecule has 2 atom stereocenters. The van der Waals surface area contributed by atoms with E-state index in [1.807, 2.05) is 0 Å². The van der Waals surface area contributed by atoms with Crippen molar-refractivity contribution < 1.29 is 0 Å². The van der Waals surface area contributed by atoms with Crippen LogP contribution in [0.2, 0.25) is 0 Å². The molecule has 1 heteroatoms. The molecule has 0 aliphatic rings. The number of hydrogen-bond acceptors (Lipinski definition) is 1. The Bertz CT molecular complexity index is 556. The number of aryl methyl sites for hydroxylation is 2. The van der Waals surface area contributed by atoms with Crippen molar-refractivity contribution >= 4 is 0 Å². The normalized spacial score (nSPS) is 13.9. The summed E-state index contributed by atoms with van der Waals surface area (Å²) < 4.78 is 0. The molecule has 2 aromatic rings. The first-order chi connectivity index (χ1) is 10.2. The van der Waals surface area contributed by atoms with Crippen LogP contribution in [0, 0.1) is 6.92 Å². The average Bonchev–Trinajstić information content (AvgIpc) is 2.53. The highest BCUT2D eigenvalue weighted by molar-refractivity contribution is 5.29. The van der Waals surface area contributed by atoms with Gasteiger partial charge in [-0.1, -0.05) is 62.4 Å².